The Morgan fingerprint density at radius 3 is 2.63 bits per heavy atom. The number of ether oxygens (including phenoxy) is 1. The molecule has 2 rings (SSSR count). The van der Waals surface area contributed by atoms with Crippen LogP contribution < -0.4 is 0 Å². The molecule has 0 aromatic heterocycles. The number of ketones is 1. The molecule has 1 aliphatic carbocycles. The summed E-state index contributed by atoms with van der Waals surface area (Å²) in [5.74, 6) is 0.834. The van der Waals surface area contributed by atoms with Gasteiger partial charge in [0.25, 0.3) is 0 Å². The summed E-state index contributed by atoms with van der Waals surface area (Å²) in [4.78, 5) is 12.6. The van der Waals surface area contributed by atoms with Gasteiger partial charge in [-0.1, -0.05) is 32.1 Å². The highest BCUT2D eigenvalue weighted by Crippen LogP contribution is 2.56. The lowest BCUT2D eigenvalue weighted by molar-refractivity contribution is -0.149. The first-order valence-corrected chi connectivity index (χ1v) is 7.21. The van der Waals surface area contributed by atoms with Crippen molar-refractivity contribution < 1.29 is 9.53 Å². The lowest BCUT2D eigenvalue weighted by atomic mass is 9.60. The number of Topliss-reactive ketones (excluding diaryl/α,β-unsaturated/α-hetero) is 1. The van der Waals surface area contributed by atoms with Gasteiger partial charge in [0.2, 0.25) is 0 Å². The fourth-order valence-electron chi connectivity index (χ4n) is 3.93. The van der Waals surface area contributed by atoms with Crippen molar-refractivity contribution in [1.82, 2.24) is 0 Å². The lowest BCUT2D eigenvalue weighted by Gasteiger charge is -2.41. The maximum absolute atomic E-state index is 12.6. The molecule has 2 heteroatoms. The average Bonchev–Trinajstić information content (AvgIpc) is 2.50. The van der Waals surface area contributed by atoms with Crippen molar-refractivity contribution in [2.45, 2.75) is 58.7 Å². The molecule has 0 aromatic carbocycles. The third-order valence-corrected chi connectivity index (χ3v) is 5.36. The molecule has 4 atom stereocenters. The van der Waals surface area contributed by atoms with Crippen molar-refractivity contribution >= 4 is 5.78 Å². The molecule has 0 aromatic rings. The second-order valence-corrected chi connectivity index (χ2v) is 7.02. The van der Waals surface area contributed by atoms with Gasteiger partial charge in [0, 0.05) is 12.3 Å². The Kier molecular flexibility index (Phi) is 3.51. The summed E-state index contributed by atoms with van der Waals surface area (Å²) in [6.07, 6.45) is 4.39. The summed E-state index contributed by atoms with van der Waals surface area (Å²) in [6, 6.07) is 0. The zero-order valence-electron chi connectivity index (χ0n) is 12.7. The third-order valence-electron chi connectivity index (χ3n) is 5.36. The molecule has 0 N–H and O–H groups in total. The predicted octanol–water partition coefficient (Wildman–Crippen LogP) is 3.92. The van der Waals surface area contributed by atoms with Crippen molar-refractivity contribution in [2.24, 2.45) is 17.3 Å². The molecule has 2 fully saturated rings. The number of fused-ring (bicyclic) bond motifs is 1. The number of carbonyl (C=O) groups is 1. The average molecular weight is 262 g/mol. The Morgan fingerprint density at radius 1 is 1.47 bits per heavy atom. The maximum atomic E-state index is 12.6. The largest absolute Gasteiger partial charge is 0.363 e. The molecule has 2 nitrogen and oxygen atoms in total. The molecule has 106 valence electrons. The van der Waals surface area contributed by atoms with Gasteiger partial charge in [-0.25, -0.2) is 0 Å². The number of hydrogen-bond donors (Lipinski definition) is 0. The minimum atomic E-state index is -0.608. The number of allylic oxidation sites excluding steroid dienone is 1. The van der Waals surface area contributed by atoms with Gasteiger partial charge in [0.05, 0.1) is 6.10 Å². The highest BCUT2D eigenvalue weighted by molar-refractivity contribution is 5.89. The molecule has 0 unspecified atom stereocenters. The number of rotatable bonds is 3. The van der Waals surface area contributed by atoms with Gasteiger partial charge in [-0.15, -0.1) is 6.58 Å². The van der Waals surface area contributed by atoms with E-state index in [-0.39, 0.29) is 23.2 Å². The minimum absolute atomic E-state index is 0.00667. The predicted molar refractivity (Wildman–Crippen MR) is 77.9 cm³/mol. The van der Waals surface area contributed by atoms with Crippen molar-refractivity contribution in [3.63, 3.8) is 0 Å². The molecule has 2 aliphatic rings. The van der Waals surface area contributed by atoms with Crippen LogP contribution in [0.2, 0.25) is 0 Å². The van der Waals surface area contributed by atoms with Crippen LogP contribution in [0.1, 0.15) is 47.0 Å². The number of carbonyl (C=O) groups excluding carboxylic acids is 1. The summed E-state index contributed by atoms with van der Waals surface area (Å²) in [6.45, 7) is 16.3. The van der Waals surface area contributed by atoms with Crippen LogP contribution in [-0.4, -0.2) is 17.5 Å². The molecule has 1 saturated carbocycles. The van der Waals surface area contributed by atoms with Crippen molar-refractivity contribution in [3.05, 3.63) is 24.8 Å². The monoisotopic (exact) mass is 262 g/mol. The summed E-state index contributed by atoms with van der Waals surface area (Å²) in [7, 11) is 0. The van der Waals surface area contributed by atoms with Gasteiger partial charge in [-0.2, -0.15) is 0 Å². The summed E-state index contributed by atoms with van der Waals surface area (Å²) in [5, 5.41) is 0. The lowest BCUT2D eigenvalue weighted by Crippen LogP contribution is -2.49. The third kappa shape index (κ3) is 2.10. The van der Waals surface area contributed by atoms with Crippen molar-refractivity contribution in [1.29, 1.82) is 0 Å². The van der Waals surface area contributed by atoms with Gasteiger partial charge in [-0.3, -0.25) is 4.79 Å². The van der Waals surface area contributed by atoms with Crippen molar-refractivity contribution in [2.75, 3.05) is 0 Å². The molecule has 1 saturated heterocycles. The van der Waals surface area contributed by atoms with Gasteiger partial charge in [-0.05, 0) is 38.0 Å². The molecule has 0 bridgehead atoms. The first-order valence-electron chi connectivity index (χ1n) is 7.21. The smallest absolute Gasteiger partial charge is 0.165 e. The minimum Gasteiger partial charge on any atom is -0.363 e. The maximum Gasteiger partial charge on any atom is 0.165 e. The summed E-state index contributed by atoms with van der Waals surface area (Å²) in [5.41, 5.74) is 0.522. The summed E-state index contributed by atoms with van der Waals surface area (Å²) < 4.78 is 6.20. The molecule has 0 amide bonds. The zero-order valence-corrected chi connectivity index (χ0v) is 12.7. The Balaban J connectivity index is 2.35. The van der Waals surface area contributed by atoms with E-state index in [0.29, 0.717) is 12.3 Å². The van der Waals surface area contributed by atoms with Crippen molar-refractivity contribution in [3.8, 4) is 0 Å². The Labute approximate surface area is 116 Å². The van der Waals surface area contributed by atoms with E-state index < -0.39 is 5.60 Å². The van der Waals surface area contributed by atoms with E-state index >= 15 is 0 Å². The van der Waals surface area contributed by atoms with Crippen LogP contribution in [0.15, 0.2) is 24.8 Å². The fourth-order valence-corrected chi connectivity index (χ4v) is 3.93. The molecular formula is C17H26O2. The van der Waals surface area contributed by atoms with Gasteiger partial charge >= 0.3 is 0 Å². The normalized spacial score (nSPS) is 40.8. The van der Waals surface area contributed by atoms with Crippen LogP contribution in [0.4, 0.5) is 0 Å². The Bertz CT molecular complexity index is 421. The van der Waals surface area contributed by atoms with Crippen LogP contribution >= 0.6 is 0 Å². The van der Waals surface area contributed by atoms with Crippen LogP contribution in [0, 0.1) is 17.3 Å². The standard InChI is InChI=1S/C17H26O2/c1-7-8-15-16(4,5)13-9-12(11(2)3)10-14(18)17(13,6)19-15/h7,12-13,15H,1-2,8-10H2,3-6H3/t12-,13-,15-,17+/m1/s1. The Hall–Kier alpha value is -0.890. The molecule has 1 aliphatic heterocycles. The molecular weight excluding hydrogens is 236 g/mol. The molecule has 0 radical (unpaired) electrons. The van der Waals surface area contributed by atoms with Crippen LogP contribution in [0.3, 0.4) is 0 Å². The molecule has 19 heavy (non-hydrogen) atoms. The second kappa shape index (κ2) is 4.59. The van der Waals surface area contributed by atoms with Crippen LogP contribution in [0.25, 0.3) is 0 Å². The van der Waals surface area contributed by atoms with Gasteiger partial charge in [0.1, 0.15) is 5.60 Å². The van der Waals surface area contributed by atoms with Gasteiger partial charge in [0.15, 0.2) is 5.78 Å². The summed E-state index contributed by atoms with van der Waals surface area (Å²) >= 11 is 0. The van der Waals surface area contributed by atoms with E-state index in [0.717, 1.165) is 18.4 Å². The van der Waals surface area contributed by atoms with E-state index in [4.69, 9.17) is 4.74 Å². The zero-order chi connectivity index (χ0) is 14.4. The Morgan fingerprint density at radius 2 is 2.11 bits per heavy atom. The first kappa shape index (κ1) is 14.5. The van der Waals surface area contributed by atoms with Crippen LogP contribution in [0.5, 0.6) is 0 Å². The van der Waals surface area contributed by atoms with Gasteiger partial charge < -0.3 is 4.74 Å². The van der Waals surface area contributed by atoms with E-state index in [1.807, 2.05) is 19.9 Å². The van der Waals surface area contributed by atoms with E-state index in [2.05, 4.69) is 27.0 Å². The van der Waals surface area contributed by atoms with E-state index in [9.17, 15) is 4.79 Å². The second-order valence-electron chi connectivity index (χ2n) is 7.02. The highest BCUT2D eigenvalue weighted by atomic mass is 16.5. The molecule has 0 spiro atoms. The molecule has 1 heterocycles. The quantitative estimate of drug-likeness (QED) is 0.721. The van der Waals surface area contributed by atoms with E-state index in [1.54, 1.807) is 0 Å². The first-order chi connectivity index (χ1) is 8.73. The fraction of sp³-hybridized carbons (Fsp3) is 0.706. The topological polar surface area (TPSA) is 26.3 Å². The SMILES string of the molecule is C=CC[C@H]1O[C@]2(C)C(=O)C[C@H](C(=C)C)C[C@@H]2C1(C)C. The number of hydrogen-bond acceptors (Lipinski definition) is 2. The van der Waals surface area contributed by atoms with Crippen LogP contribution in [-0.2, 0) is 9.53 Å². The van der Waals surface area contributed by atoms with E-state index in [1.165, 1.54) is 0 Å². The highest BCUT2D eigenvalue weighted by Gasteiger charge is 2.61.